The van der Waals surface area contributed by atoms with Crippen LogP contribution in [0.1, 0.15) is 122 Å². The van der Waals surface area contributed by atoms with Gasteiger partial charge in [0.05, 0.1) is 13.2 Å². The molecular formula is C25H51O6P. The molecule has 0 aliphatic carbocycles. The van der Waals surface area contributed by atoms with Crippen molar-refractivity contribution in [3.8, 4) is 0 Å². The van der Waals surface area contributed by atoms with Gasteiger partial charge in [0.1, 0.15) is 6.10 Å². The lowest BCUT2D eigenvalue weighted by Gasteiger charge is -2.12. The van der Waals surface area contributed by atoms with Crippen LogP contribution in [0.3, 0.4) is 0 Å². The average Bonchev–Trinajstić information content (AvgIpc) is 2.75. The molecule has 0 radical (unpaired) electrons. The highest BCUT2D eigenvalue weighted by molar-refractivity contribution is 7.46. The van der Waals surface area contributed by atoms with E-state index in [1.54, 1.807) is 0 Å². The van der Waals surface area contributed by atoms with Gasteiger partial charge in [-0.15, -0.1) is 0 Å². The molecule has 0 fully saturated rings. The molecule has 0 amide bonds. The Morgan fingerprint density at radius 3 is 1.59 bits per heavy atom. The van der Waals surface area contributed by atoms with E-state index in [4.69, 9.17) is 14.5 Å². The van der Waals surface area contributed by atoms with E-state index in [0.29, 0.717) is 6.61 Å². The monoisotopic (exact) mass is 478 g/mol. The average molecular weight is 479 g/mol. The maximum absolute atomic E-state index is 10.5. The van der Waals surface area contributed by atoms with E-state index in [-0.39, 0.29) is 6.61 Å². The third-order valence-corrected chi connectivity index (χ3v) is 6.03. The summed E-state index contributed by atoms with van der Waals surface area (Å²) in [6, 6.07) is 0. The van der Waals surface area contributed by atoms with E-state index < -0.39 is 20.5 Å². The second-order valence-electron chi connectivity index (χ2n) is 8.87. The standard InChI is InChI=1S/C25H51O6P/c1-2-3-4-5-6-7-8-9-10-11-12-13-14-15-16-17-18-19-20-21-22-30-23-25(26)24-31-32(27,28)29/h9-10,25-26H,2-8,11-24H2,1H3,(H2,27,28,29). The minimum Gasteiger partial charge on any atom is -0.388 e. The van der Waals surface area contributed by atoms with Crippen molar-refractivity contribution < 1.29 is 28.7 Å². The Bertz CT molecular complexity index is 452. The van der Waals surface area contributed by atoms with Crippen LogP contribution in [0.15, 0.2) is 12.2 Å². The van der Waals surface area contributed by atoms with Gasteiger partial charge in [0, 0.05) is 6.61 Å². The normalized spacial score (nSPS) is 13.2. The SMILES string of the molecule is CCCCCCCCC=CCCCCCCCCCCCCOCC(O)COP(=O)(O)O. The van der Waals surface area contributed by atoms with Crippen molar-refractivity contribution in [1.29, 1.82) is 0 Å². The Morgan fingerprint density at radius 1 is 0.688 bits per heavy atom. The minimum absolute atomic E-state index is 0.0366. The molecule has 0 aliphatic rings. The van der Waals surface area contributed by atoms with Crippen molar-refractivity contribution in [3.05, 3.63) is 12.2 Å². The number of hydrogen-bond acceptors (Lipinski definition) is 4. The molecule has 0 bridgehead atoms. The van der Waals surface area contributed by atoms with Crippen molar-refractivity contribution in [2.75, 3.05) is 19.8 Å². The Morgan fingerprint density at radius 2 is 1.12 bits per heavy atom. The van der Waals surface area contributed by atoms with Crippen LogP contribution in [-0.4, -0.2) is 40.8 Å². The zero-order valence-electron chi connectivity index (χ0n) is 20.6. The van der Waals surface area contributed by atoms with Gasteiger partial charge in [-0.3, -0.25) is 4.52 Å². The number of unbranched alkanes of at least 4 members (excludes halogenated alkanes) is 16. The number of rotatable bonds is 25. The molecule has 0 aliphatic heterocycles. The molecule has 6 nitrogen and oxygen atoms in total. The van der Waals surface area contributed by atoms with Crippen LogP contribution in [0.4, 0.5) is 0 Å². The van der Waals surface area contributed by atoms with Crippen molar-refractivity contribution in [2.45, 2.75) is 129 Å². The summed E-state index contributed by atoms with van der Waals surface area (Å²) in [5, 5.41) is 9.48. The quantitative estimate of drug-likeness (QED) is 0.0737. The first kappa shape index (κ1) is 31.8. The zero-order chi connectivity index (χ0) is 23.8. The van der Waals surface area contributed by atoms with Gasteiger partial charge < -0.3 is 19.6 Å². The Hall–Kier alpha value is -0.230. The topological polar surface area (TPSA) is 96.2 Å². The van der Waals surface area contributed by atoms with E-state index in [2.05, 4.69) is 23.6 Å². The summed E-state index contributed by atoms with van der Waals surface area (Å²) in [7, 11) is -4.52. The van der Waals surface area contributed by atoms with Crippen molar-refractivity contribution >= 4 is 7.82 Å². The first-order valence-corrected chi connectivity index (χ1v) is 14.6. The fourth-order valence-corrected chi connectivity index (χ4v) is 3.98. The second kappa shape index (κ2) is 23.9. The Labute approximate surface area is 197 Å². The summed E-state index contributed by atoms with van der Waals surface area (Å²) in [5.74, 6) is 0. The predicted octanol–water partition coefficient (Wildman–Crippen LogP) is 7.07. The Kier molecular flexibility index (Phi) is 23.7. The van der Waals surface area contributed by atoms with Gasteiger partial charge in [-0.05, 0) is 32.1 Å². The highest BCUT2D eigenvalue weighted by Crippen LogP contribution is 2.35. The van der Waals surface area contributed by atoms with Crippen LogP contribution in [0.25, 0.3) is 0 Å². The molecule has 0 saturated heterocycles. The molecule has 0 rings (SSSR count). The third kappa shape index (κ3) is 27.8. The summed E-state index contributed by atoms with van der Waals surface area (Å²) >= 11 is 0. The summed E-state index contributed by atoms with van der Waals surface area (Å²) in [6.45, 7) is 2.44. The Balaban J connectivity index is 3.17. The van der Waals surface area contributed by atoms with E-state index >= 15 is 0 Å². The molecule has 0 spiro atoms. The third-order valence-electron chi connectivity index (χ3n) is 5.55. The molecule has 192 valence electrons. The van der Waals surface area contributed by atoms with Crippen LogP contribution < -0.4 is 0 Å². The number of ether oxygens (including phenoxy) is 1. The highest BCUT2D eigenvalue weighted by Gasteiger charge is 2.16. The molecular weight excluding hydrogens is 427 g/mol. The fraction of sp³-hybridized carbons (Fsp3) is 0.920. The summed E-state index contributed by atoms with van der Waals surface area (Å²) < 4.78 is 20.1. The fourth-order valence-electron chi connectivity index (χ4n) is 3.61. The van der Waals surface area contributed by atoms with Crippen molar-refractivity contribution in [1.82, 2.24) is 0 Å². The van der Waals surface area contributed by atoms with Gasteiger partial charge in [-0.1, -0.05) is 103 Å². The van der Waals surface area contributed by atoms with E-state index in [1.165, 1.54) is 103 Å². The van der Waals surface area contributed by atoms with Gasteiger partial charge in [0.15, 0.2) is 0 Å². The van der Waals surface area contributed by atoms with Crippen LogP contribution in [0.5, 0.6) is 0 Å². The number of phosphoric ester groups is 1. The lowest BCUT2D eigenvalue weighted by Crippen LogP contribution is -2.21. The molecule has 0 aromatic heterocycles. The van der Waals surface area contributed by atoms with Crippen LogP contribution in [-0.2, 0) is 13.8 Å². The maximum atomic E-state index is 10.5. The first-order valence-electron chi connectivity index (χ1n) is 13.1. The number of hydrogen-bond donors (Lipinski definition) is 3. The minimum atomic E-state index is -4.52. The summed E-state index contributed by atoms with van der Waals surface area (Å²) in [4.78, 5) is 17.1. The number of aliphatic hydroxyl groups is 1. The molecule has 3 N–H and O–H groups in total. The smallest absolute Gasteiger partial charge is 0.388 e. The van der Waals surface area contributed by atoms with Crippen LogP contribution >= 0.6 is 7.82 Å². The summed E-state index contributed by atoms with van der Waals surface area (Å²) in [6.07, 6.45) is 27.1. The molecule has 1 atom stereocenters. The first-order chi connectivity index (χ1) is 15.5. The number of aliphatic hydroxyl groups excluding tert-OH is 1. The number of phosphoric acid groups is 1. The lowest BCUT2D eigenvalue weighted by molar-refractivity contribution is 0.00476. The zero-order valence-corrected chi connectivity index (χ0v) is 21.5. The molecule has 7 heteroatoms. The van der Waals surface area contributed by atoms with Crippen LogP contribution in [0.2, 0.25) is 0 Å². The molecule has 0 saturated carbocycles. The molecule has 0 aromatic rings. The van der Waals surface area contributed by atoms with E-state index in [1.807, 2.05) is 0 Å². The van der Waals surface area contributed by atoms with E-state index in [0.717, 1.165) is 12.8 Å². The van der Waals surface area contributed by atoms with Gasteiger partial charge in [0.25, 0.3) is 0 Å². The number of allylic oxidation sites excluding steroid dienone is 2. The van der Waals surface area contributed by atoms with Crippen molar-refractivity contribution in [2.24, 2.45) is 0 Å². The van der Waals surface area contributed by atoms with Gasteiger partial charge in [-0.25, -0.2) is 4.57 Å². The van der Waals surface area contributed by atoms with E-state index in [9.17, 15) is 9.67 Å². The maximum Gasteiger partial charge on any atom is 0.469 e. The molecule has 0 aromatic carbocycles. The molecule has 1 unspecified atom stereocenters. The van der Waals surface area contributed by atoms with Gasteiger partial charge >= 0.3 is 7.82 Å². The predicted molar refractivity (Wildman–Crippen MR) is 133 cm³/mol. The summed E-state index contributed by atoms with van der Waals surface area (Å²) in [5.41, 5.74) is 0. The van der Waals surface area contributed by atoms with Gasteiger partial charge in [-0.2, -0.15) is 0 Å². The van der Waals surface area contributed by atoms with Crippen molar-refractivity contribution in [3.63, 3.8) is 0 Å². The van der Waals surface area contributed by atoms with Crippen LogP contribution in [0, 0.1) is 0 Å². The largest absolute Gasteiger partial charge is 0.469 e. The highest BCUT2D eigenvalue weighted by atomic mass is 31.2. The lowest BCUT2D eigenvalue weighted by atomic mass is 10.1. The molecule has 32 heavy (non-hydrogen) atoms. The second-order valence-corrected chi connectivity index (χ2v) is 10.1. The van der Waals surface area contributed by atoms with Gasteiger partial charge in [0.2, 0.25) is 0 Å². The molecule has 0 heterocycles.